The van der Waals surface area contributed by atoms with Crippen LogP contribution in [0.15, 0.2) is 36.4 Å². The van der Waals surface area contributed by atoms with E-state index in [9.17, 15) is 9.90 Å². The quantitative estimate of drug-likeness (QED) is 0.577. The van der Waals surface area contributed by atoms with E-state index >= 15 is 0 Å². The summed E-state index contributed by atoms with van der Waals surface area (Å²) < 4.78 is 1.98. The third-order valence-corrected chi connectivity index (χ3v) is 6.10. The maximum absolute atomic E-state index is 12.7. The van der Waals surface area contributed by atoms with Crippen LogP contribution in [0.1, 0.15) is 80.7 Å². The topological polar surface area (TPSA) is 68.2 Å². The zero-order chi connectivity index (χ0) is 21.7. The molecule has 1 atom stereocenters. The molecule has 4 nitrogen and oxygen atoms in total. The fourth-order valence-electron chi connectivity index (χ4n) is 3.58. The highest BCUT2D eigenvalue weighted by molar-refractivity contribution is 5.94. The van der Waals surface area contributed by atoms with Gasteiger partial charge in [-0.05, 0) is 60.8 Å². The lowest BCUT2D eigenvalue weighted by Crippen LogP contribution is -2.43. The predicted octanol–water partition coefficient (Wildman–Crippen LogP) is 4.56. The molecule has 0 saturated heterocycles. The highest BCUT2D eigenvalue weighted by Crippen LogP contribution is 2.23. The molecule has 1 heterocycles. The van der Waals surface area contributed by atoms with Crippen LogP contribution in [0.25, 0.3) is 0 Å². The van der Waals surface area contributed by atoms with E-state index in [1.165, 1.54) is 11.1 Å². The van der Waals surface area contributed by atoms with Crippen LogP contribution in [0.2, 0.25) is 0 Å². The molecular weight excluding hydrogens is 360 g/mol. The van der Waals surface area contributed by atoms with E-state index in [1.54, 1.807) is 0 Å². The van der Waals surface area contributed by atoms with E-state index in [2.05, 4.69) is 45.0 Å². The Hall–Kier alpha value is -1.91. The van der Waals surface area contributed by atoms with Crippen LogP contribution in [0, 0.1) is 0 Å². The second kappa shape index (κ2) is 9.73. The maximum Gasteiger partial charge on any atom is 0.179 e. The maximum atomic E-state index is 12.7. The Morgan fingerprint density at radius 3 is 2.28 bits per heavy atom. The lowest BCUT2D eigenvalue weighted by atomic mass is 9.86. The average molecular weight is 399 g/mol. The predicted molar refractivity (Wildman–Crippen MR) is 120 cm³/mol. The lowest BCUT2D eigenvalue weighted by molar-refractivity contribution is 0.0972. The van der Waals surface area contributed by atoms with Gasteiger partial charge in [0, 0.05) is 24.7 Å². The van der Waals surface area contributed by atoms with Gasteiger partial charge in [-0.25, -0.2) is 0 Å². The molecule has 0 fully saturated rings. The monoisotopic (exact) mass is 398 g/mol. The summed E-state index contributed by atoms with van der Waals surface area (Å²) in [6.45, 7) is 8.63. The summed E-state index contributed by atoms with van der Waals surface area (Å²) in [6, 6.07) is 12.7. The van der Waals surface area contributed by atoms with Crippen LogP contribution in [-0.4, -0.2) is 27.6 Å². The molecule has 0 bridgehead atoms. The molecule has 160 valence electrons. The van der Waals surface area contributed by atoms with Gasteiger partial charge in [0.05, 0.1) is 12.3 Å². The minimum absolute atomic E-state index is 0.0174. The van der Waals surface area contributed by atoms with Crippen molar-refractivity contribution in [1.29, 1.82) is 0 Å². The number of rotatable bonds is 10. The molecule has 2 rings (SSSR count). The van der Waals surface area contributed by atoms with Gasteiger partial charge in [0.25, 0.3) is 0 Å². The zero-order valence-electron chi connectivity index (χ0n) is 18.8. The van der Waals surface area contributed by atoms with Crippen LogP contribution in [0.3, 0.4) is 0 Å². The Bertz CT molecular complexity index is 793. The summed E-state index contributed by atoms with van der Waals surface area (Å²) in [5.74, 6) is 0.182. The van der Waals surface area contributed by atoms with Gasteiger partial charge in [0.2, 0.25) is 0 Å². The standard InChI is InChI=1S/C25H38N2O2/c1-6-25(26,18-28)17-16-21-14-15-22(27(21)5)23(29)9-7-8-19-10-12-20(13-11-19)24(2,3)4/h10-15,28H,6-9,16-18,26H2,1-5H3. The largest absolute Gasteiger partial charge is 0.394 e. The number of ketones is 1. The van der Waals surface area contributed by atoms with Crippen molar-refractivity contribution in [2.75, 3.05) is 6.61 Å². The number of nitrogens with zero attached hydrogens (tertiary/aromatic N) is 1. The van der Waals surface area contributed by atoms with Crippen LogP contribution in [0.5, 0.6) is 0 Å². The van der Waals surface area contributed by atoms with Crippen molar-refractivity contribution in [1.82, 2.24) is 4.57 Å². The van der Waals surface area contributed by atoms with E-state index < -0.39 is 5.54 Å². The first-order chi connectivity index (χ1) is 13.6. The minimum atomic E-state index is -0.545. The highest BCUT2D eigenvalue weighted by atomic mass is 16.3. The number of aryl methyl sites for hydroxylation is 2. The van der Waals surface area contributed by atoms with Crippen molar-refractivity contribution in [3.8, 4) is 0 Å². The Balaban J connectivity index is 1.89. The molecule has 0 amide bonds. The minimum Gasteiger partial charge on any atom is -0.394 e. The number of aromatic nitrogens is 1. The summed E-state index contributed by atoms with van der Waals surface area (Å²) in [4.78, 5) is 12.7. The van der Waals surface area contributed by atoms with Gasteiger partial charge >= 0.3 is 0 Å². The van der Waals surface area contributed by atoms with Gasteiger partial charge in [-0.3, -0.25) is 4.79 Å². The molecule has 0 saturated carbocycles. The molecule has 1 aromatic heterocycles. The number of Topliss-reactive ketones (excluding diaryl/α,β-unsaturated/α-hetero) is 1. The first-order valence-electron chi connectivity index (χ1n) is 10.8. The molecule has 0 aliphatic rings. The van der Waals surface area contributed by atoms with Gasteiger partial charge in [-0.2, -0.15) is 0 Å². The first-order valence-corrected chi connectivity index (χ1v) is 10.8. The van der Waals surface area contributed by atoms with Gasteiger partial charge in [-0.15, -0.1) is 0 Å². The van der Waals surface area contributed by atoms with Crippen molar-refractivity contribution >= 4 is 5.78 Å². The van der Waals surface area contributed by atoms with Crippen LogP contribution < -0.4 is 5.73 Å². The van der Waals surface area contributed by atoms with E-state index in [0.29, 0.717) is 12.8 Å². The van der Waals surface area contributed by atoms with Gasteiger partial charge in [0.15, 0.2) is 5.78 Å². The molecule has 2 aromatic rings. The molecule has 3 N–H and O–H groups in total. The number of hydrogen-bond donors (Lipinski definition) is 2. The Kier molecular flexibility index (Phi) is 7.84. The van der Waals surface area contributed by atoms with Crippen molar-refractivity contribution < 1.29 is 9.90 Å². The van der Waals surface area contributed by atoms with Gasteiger partial charge in [0.1, 0.15) is 0 Å². The van der Waals surface area contributed by atoms with Crippen molar-refractivity contribution in [3.63, 3.8) is 0 Å². The van der Waals surface area contributed by atoms with Crippen molar-refractivity contribution in [2.24, 2.45) is 12.8 Å². The Morgan fingerprint density at radius 2 is 1.72 bits per heavy atom. The molecule has 0 spiro atoms. The number of hydrogen-bond acceptors (Lipinski definition) is 3. The van der Waals surface area contributed by atoms with Crippen LogP contribution in [0.4, 0.5) is 0 Å². The fraction of sp³-hybridized carbons (Fsp3) is 0.560. The molecule has 1 aromatic carbocycles. The fourth-order valence-corrected chi connectivity index (χ4v) is 3.58. The molecule has 1 unspecified atom stereocenters. The van der Waals surface area contributed by atoms with Gasteiger partial charge in [-0.1, -0.05) is 52.0 Å². The zero-order valence-corrected chi connectivity index (χ0v) is 18.8. The second-order valence-corrected chi connectivity index (χ2v) is 9.37. The summed E-state index contributed by atoms with van der Waals surface area (Å²) in [7, 11) is 1.94. The van der Waals surface area contributed by atoms with Crippen LogP contribution in [-0.2, 0) is 25.3 Å². The normalized spacial score (nSPS) is 14.0. The Labute approximate surface area is 176 Å². The lowest BCUT2D eigenvalue weighted by Gasteiger charge is -2.25. The Morgan fingerprint density at radius 1 is 1.07 bits per heavy atom. The summed E-state index contributed by atoms with van der Waals surface area (Å²) >= 11 is 0. The second-order valence-electron chi connectivity index (χ2n) is 9.37. The SMILES string of the molecule is CCC(N)(CO)CCc1ccc(C(=O)CCCc2ccc(C(C)(C)C)cc2)n1C. The molecule has 0 radical (unpaired) electrons. The van der Waals surface area contributed by atoms with E-state index in [0.717, 1.165) is 37.1 Å². The third kappa shape index (κ3) is 6.28. The number of carbonyl (C=O) groups excluding carboxylic acids is 1. The number of nitrogens with two attached hydrogens (primary N) is 1. The molecule has 4 heteroatoms. The number of aliphatic hydroxyl groups is 1. The van der Waals surface area contributed by atoms with Crippen molar-refractivity contribution in [3.05, 3.63) is 58.9 Å². The molecule has 0 aliphatic heterocycles. The summed E-state index contributed by atoms with van der Waals surface area (Å²) in [5.41, 5.74) is 10.3. The molecule has 29 heavy (non-hydrogen) atoms. The summed E-state index contributed by atoms with van der Waals surface area (Å²) in [6.07, 6.45) is 4.50. The number of benzene rings is 1. The van der Waals surface area contributed by atoms with Gasteiger partial charge < -0.3 is 15.4 Å². The first kappa shape index (κ1) is 23.4. The smallest absolute Gasteiger partial charge is 0.179 e. The number of carbonyl (C=O) groups is 1. The average Bonchev–Trinajstić information content (AvgIpc) is 3.06. The van der Waals surface area contributed by atoms with E-state index in [1.807, 2.05) is 30.7 Å². The van der Waals surface area contributed by atoms with Crippen LogP contribution >= 0.6 is 0 Å². The van der Waals surface area contributed by atoms with E-state index in [4.69, 9.17) is 5.73 Å². The molecule has 0 aliphatic carbocycles. The third-order valence-electron chi connectivity index (χ3n) is 6.10. The highest BCUT2D eigenvalue weighted by Gasteiger charge is 2.22. The molecular formula is C25H38N2O2. The van der Waals surface area contributed by atoms with Crippen molar-refractivity contribution in [2.45, 2.75) is 77.2 Å². The van der Waals surface area contributed by atoms with E-state index in [-0.39, 0.29) is 17.8 Å². The summed E-state index contributed by atoms with van der Waals surface area (Å²) in [5, 5.41) is 9.49. The number of aliphatic hydroxyl groups excluding tert-OH is 1.